The van der Waals surface area contributed by atoms with E-state index >= 15 is 0 Å². The third-order valence-corrected chi connectivity index (χ3v) is 2.66. The van der Waals surface area contributed by atoms with Crippen molar-refractivity contribution in [2.45, 2.75) is 0 Å². The van der Waals surface area contributed by atoms with Crippen LogP contribution in [0, 0.1) is 0 Å². The molecule has 0 bridgehead atoms. The Labute approximate surface area is 106 Å². The Balaban J connectivity index is 2.76. The SMILES string of the molecule is COc1ccc(Cl)cc1-c1c(C(=O)O)[nH][nH]c1=O. The van der Waals surface area contributed by atoms with Crippen molar-refractivity contribution in [2.75, 3.05) is 7.11 Å². The van der Waals surface area contributed by atoms with E-state index in [0.717, 1.165) is 0 Å². The fraction of sp³-hybridized carbons (Fsp3) is 0.0909. The molecule has 3 N–H and O–H groups in total. The summed E-state index contributed by atoms with van der Waals surface area (Å²) in [6.45, 7) is 0. The summed E-state index contributed by atoms with van der Waals surface area (Å²) in [5.41, 5.74) is -0.472. The number of carboxylic acid groups (broad SMARTS) is 1. The second-order valence-electron chi connectivity index (χ2n) is 3.48. The summed E-state index contributed by atoms with van der Waals surface area (Å²) in [6, 6.07) is 4.63. The number of hydrogen-bond acceptors (Lipinski definition) is 3. The summed E-state index contributed by atoms with van der Waals surface area (Å²) in [5.74, 6) is -0.877. The van der Waals surface area contributed by atoms with E-state index in [1.165, 1.54) is 13.2 Å². The number of carbonyl (C=O) groups is 1. The number of aromatic carboxylic acids is 1. The van der Waals surface area contributed by atoms with Crippen LogP contribution < -0.4 is 10.3 Å². The van der Waals surface area contributed by atoms with Crippen LogP contribution in [0.15, 0.2) is 23.0 Å². The molecule has 0 saturated carbocycles. The lowest BCUT2D eigenvalue weighted by atomic mass is 10.1. The average molecular weight is 269 g/mol. The van der Waals surface area contributed by atoms with Crippen LogP contribution in [0.5, 0.6) is 5.75 Å². The zero-order valence-corrected chi connectivity index (χ0v) is 10.0. The highest BCUT2D eigenvalue weighted by Gasteiger charge is 2.21. The van der Waals surface area contributed by atoms with E-state index in [-0.39, 0.29) is 11.3 Å². The Morgan fingerprint density at radius 1 is 1.39 bits per heavy atom. The fourth-order valence-electron chi connectivity index (χ4n) is 1.65. The Morgan fingerprint density at radius 3 is 2.72 bits per heavy atom. The van der Waals surface area contributed by atoms with Crippen LogP contribution in [0.2, 0.25) is 5.02 Å². The maximum Gasteiger partial charge on any atom is 0.354 e. The first kappa shape index (κ1) is 12.3. The van der Waals surface area contributed by atoms with Gasteiger partial charge >= 0.3 is 5.97 Å². The minimum atomic E-state index is -1.25. The van der Waals surface area contributed by atoms with E-state index < -0.39 is 11.5 Å². The van der Waals surface area contributed by atoms with Gasteiger partial charge in [-0.05, 0) is 18.2 Å². The molecule has 2 aromatic rings. The van der Waals surface area contributed by atoms with Crippen molar-refractivity contribution in [2.24, 2.45) is 0 Å². The highest BCUT2D eigenvalue weighted by Crippen LogP contribution is 2.31. The second kappa shape index (κ2) is 4.58. The number of hydrogen-bond donors (Lipinski definition) is 3. The molecule has 0 aliphatic carbocycles. The molecular weight excluding hydrogens is 260 g/mol. The lowest BCUT2D eigenvalue weighted by molar-refractivity contribution is 0.0691. The molecule has 0 aliphatic rings. The van der Waals surface area contributed by atoms with Gasteiger partial charge in [0.25, 0.3) is 5.56 Å². The van der Waals surface area contributed by atoms with Crippen LogP contribution in [-0.2, 0) is 0 Å². The maximum atomic E-state index is 11.7. The molecule has 18 heavy (non-hydrogen) atoms. The smallest absolute Gasteiger partial charge is 0.354 e. The van der Waals surface area contributed by atoms with Gasteiger partial charge < -0.3 is 9.84 Å². The monoisotopic (exact) mass is 268 g/mol. The van der Waals surface area contributed by atoms with Crippen molar-refractivity contribution in [3.8, 4) is 16.9 Å². The number of benzene rings is 1. The van der Waals surface area contributed by atoms with E-state index in [2.05, 4.69) is 10.2 Å². The lowest BCUT2D eigenvalue weighted by Crippen LogP contribution is -2.06. The average Bonchev–Trinajstić information content (AvgIpc) is 2.71. The second-order valence-corrected chi connectivity index (χ2v) is 3.92. The third-order valence-electron chi connectivity index (χ3n) is 2.42. The van der Waals surface area contributed by atoms with Gasteiger partial charge in [-0.2, -0.15) is 0 Å². The van der Waals surface area contributed by atoms with E-state index in [9.17, 15) is 9.59 Å². The highest BCUT2D eigenvalue weighted by molar-refractivity contribution is 6.31. The molecule has 2 rings (SSSR count). The Kier molecular flexibility index (Phi) is 3.12. The lowest BCUT2D eigenvalue weighted by Gasteiger charge is -2.07. The molecule has 0 unspecified atom stereocenters. The van der Waals surface area contributed by atoms with E-state index in [0.29, 0.717) is 16.3 Å². The minimum absolute atomic E-state index is 0.0122. The van der Waals surface area contributed by atoms with Gasteiger partial charge in [-0.3, -0.25) is 15.0 Å². The molecule has 6 nitrogen and oxygen atoms in total. The molecule has 0 spiro atoms. The number of nitrogens with one attached hydrogen (secondary N) is 2. The largest absolute Gasteiger partial charge is 0.496 e. The summed E-state index contributed by atoms with van der Waals surface area (Å²) >= 11 is 5.85. The van der Waals surface area contributed by atoms with Crippen molar-refractivity contribution in [3.05, 3.63) is 39.3 Å². The molecule has 1 aromatic carbocycles. The summed E-state index contributed by atoms with van der Waals surface area (Å²) in [6.07, 6.45) is 0. The van der Waals surface area contributed by atoms with Gasteiger partial charge in [0.15, 0.2) is 5.69 Å². The quantitative estimate of drug-likeness (QED) is 0.790. The van der Waals surface area contributed by atoms with Crippen molar-refractivity contribution in [1.29, 1.82) is 0 Å². The summed E-state index contributed by atoms with van der Waals surface area (Å²) in [5, 5.41) is 13.9. The van der Waals surface area contributed by atoms with Crippen LogP contribution in [0.3, 0.4) is 0 Å². The van der Waals surface area contributed by atoms with E-state index in [1.807, 2.05) is 0 Å². The number of carboxylic acids is 1. The number of aromatic nitrogens is 2. The molecule has 0 atom stereocenters. The van der Waals surface area contributed by atoms with Gasteiger partial charge in [-0.25, -0.2) is 4.79 Å². The van der Waals surface area contributed by atoms with Gasteiger partial charge in [0, 0.05) is 10.6 Å². The number of methoxy groups -OCH3 is 1. The van der Waals surface area contributed by atoms with Gasteiger partial charge in [-0.15, -0.1) is 0 Å². The van der Waals surface area contributed by atoms with Crippen LogP contribution in [0.25, 0.3) is 11.1 Å². The zero-order valence-electron chi connectivity index (χ0n) is 9.28. The molecule has 0 saturated heterocycles. The first-order valence-corrected chi connectivity index (χ1v) is 5.30. The molecule has 0 fully saturated rings. The zero-order chi connectivity index (χ0) is 13.3. The van der Waals surface area contributed by atoms with Gasteiger partial charge in [0.1, 0.15) is 5.75 Å². The summed E-state index contributed by atoms with van der Waals surface area (Å²) in [4.78, 5) is 22.7. The number of aromatic amines is 2. The Hall–Kier alpha value is -2.21. The predicted octanol–water partition coefficient (Wildman–Crippen LogP) is 1.73. The standard InChI is InChI=1S/C11H9ClN2O4/c1-18-7-3-2-5(12)4-6(7)8-9(11(16)17)13-14-10(8)15/h2-4H,1H3,(H,16,17)(H2,13,14,15). The molecule has 1 heterocycles. The fourth-order valence-corrected chi connectivity index (χ4v) is 1.82. The van der Waals surface area contributed by atoms with Crippen LogP contribution in [-0.4, -0.2) is 28.4 Å². The van der Waals surface area contributed by atoms with Gasteiger partial charge in [0.05, 0.1) is 12.7 Å². The first-order valence-electron chi connectivity index (χ1n) is 4.92. The molecule has 94 valence electrons. The minimum Gasteiger partial charge on any atom is -0.496 e. The normalized spacial score (nSPS) is 10.3. The van der Waals surface area contributed by atoms with Crippen molar-refractivity contribution >= 4 is 17.6 Å². The van der Waals surface area contributed by atoms with Crippen molar-refractivity contribution in [3.63, 3.8) is 0 Å². The number of H-pyrrole nitrogens is 2. The van der Waals surface area contributed by atoms with E-state index in [1.54, 1.807) is 12.1 Å². The molecular formula is C11H9ClN2O4. The summed E-state index contributed by atoms with van der Waals surface area (Å²) < 4.78 is 5.10. The number of rotatable bonds is 3. The van der Waals surface area contributed by atoms with Gasteiger partial charge in [0.2, 0.25) is 0 Å². The Morgan fingerprint density at radius 2 is 2.11 bits per heavy atom. The van der Waals surface area contributed by atoms with Crippen molar-refractivity contribution in [1.82, 2.24) is 10.2 Å². The summed E-state index contributed by atoms with van der Waals surface area (Å²) in [7, 11) is 1.42. The topological polar surface area (TPSA) is 95.2 Å². The molecule has 7 heteroatoms. The van der Waals surface area contributed by atoms with Crippen molar-refractivity contribution < 1.29 is 14.6 Å². The molecule has 0 amide bonds. The van der Waals surface area contributed by atoms with Crippen LogP contribution in [0.1, 0.15) is 10.5 Å². The number of halogens is 1. The predicted molar refractivity (Wildman–Crippen MR) is 65.4 cm³/mol. The Bertz CT molecular complexity index is 659. The molecule has 0 aliphatic heterocycles. The number of ether oxygens (including phenoxy) is 1. The van der Waals surface area contributed by atoms with Gasteiger partial charge in [-0.1, -0.05) is 11.6 Å². The van der Waals surface area contributed by atoms with E-state index in [4.69, 9.17) is 21.4 Å². The van der Waals surface area contributed by atoms with Crippen LogP contribution in [0.4, 0.5) is 0 Å². The molecule has 0 radical (unpaired) electrons. The maximum absolute atomic E-state index is 11.7. The van der Waals surface area contributed by atoms with Crippen LogP contribution >= 0.6 is 11.6 Å². The highest BCUT2D eigenvalue weighted by atomic mass is 35.5. The first-order chi connectivity index (χ1) is 8.54. The molecule has 1 aromatic heterocycles. The third kappa shape index (κ3) is 1.98.